The molecule has 0 aromatic carbocycles. The zero-order chi connectivity index (χ0) is 17.3. The molecule has 0 aliphatic carbocycles. The van der Waals surface area contributed by atoms with Crippen molar-refractivity contribution >= 4 is 17.7 Å². The van der Waals surface area contributed by atoms with E-state index in [1.807, 2.05) is 26.8 Å². The molecule has 2 aromatic rings. The van der Waals surface area contributed by atoms with Gasteiger partial charge in [0, 0.05) is 37.9 Å². The Balaban J connectivity index is 1.73. The van der Waals surface area contributed by atoms with Gasteiger partial charge < -0.3 is 14.5 Å². The highest BCUT2D eigenvalue weighted by molar-refractivity contribution is 5.68. The maximum absolute atomic E-state index is 12.2. The molecule has 0 N–H and O–H groups in total. The Labute approximate surface area is 141 Å². The number of carbonyl (C=O) groups is 1. The van der Waals surface area contributed by atoms with Crippen LogP contribution in [0.4, 0.5) is 10.6 Å². The Morgan fingerprint density at radius 3 is 2.58 bits per heavy atom. The highest BCUT2D eigenvalue weighted by Crippen LogP contribution is 2.19. The normalized spacial score (nSPS) is 15.8. The molecule has 1 fully saturated rings. The fourth-order valence-corrected chi connectivity index (χ4v) is 2.70. The second-order valence-corrected chi connectivity index (χ2v) is 6.89. The van der Waals surface area contributed by atoms with E-state index in [1.165, 1.54) is 6.33 Å². The van der Waals surface area contributed by atoms with Crippen molar-refractivity contribution in [2.75, 3.05) is 31.1 Å². The van der Waals surface area contributed by atoms with Crippen LogP contribution in [0.25, 0.3) is 5.78 Å². The van der Waals surface area contributed by atoms with Crippen LogP contribution < -0.4 is 4.90 Å². The molecule has 0 atom stereocenters. The van der Waals surface area contributed by atoms with Crippen molar-refractivity contribution in [1.82, 2.24) is 24.5 Å². The van der Waals surface area contributed by atoms with Gasteiger partial charge >= 0.3 is 6.09 Å². The van der Waals surface area contributed by atoms with Gasteiger partial charge in [-0.15, -0.1) is 0 Å². The van der Waals surface area contributed by atoms with Crippen LogP contribution in [0.15, 0.2) is 12.4 Å². The summed E-state index contributed by atoms with van der Waals surface area (Å²) in [4.78, 5) is 24.8. The van der Waals surface area contributed by atoms with Gasteiger partial charge in [0.2, 0.25) is 0 Å². The Morgan fingerprint density at radius 2 is 1.96 bits per heavy atom. The molecule has 0 unspecified atom stereocenters. The summed E-state index contributed by atoms with van der Waals surface area (Å²) in [6.07, 6.45) is 2.10. The summed E-state index contributed by atoms with van der Waals surface area (Å²) in [5, 5.41) is 4.27. The minimum absolute atomic E-state index is 0.253. The van der Waals surface area contributed by atoms with Crippen LogP contribution >= 0.6 is 0 Å². The lowest BCUT2D eigenvalue weighted by Gasteiger charge is -2.36. The number of hydrogen-bond donors (Lipinski definition) is 0. The minimum atomic E-state index is -0.470. The van der Waals surface area contributed by atoms with E-state index < -0.39 is 5.60 Å². The average Bonchev–Trinajstić information content (AvgIpc) is 3.00. The molecule has 0 bridgehead atoms. The van der Waals surface area contributed by atoms with Crippen molar-refractivity contribution in [2.45, 2.75) is 39.7 Å². The highest BCUT2D eigenvalue weighted by Gasteiger charge is 2.27. The van der Waals surface area contributed by atoms with Gasteiger partial charge in [-0.2, -0.15) is 14.6 Å². The lowest BCUT2D eigenvalue weighted by atomic mass is 10.2. The number of hydrogen-bond acceptors (Lipinski definition) is 6. The summed E-state index contributed by atoms with van der Waals surface area (Å²) in [6, 6.07) is 2.05. The number of aromatic nitrogens is 4. The Morgan fingerprint density at radius 1 is 1.25 bits per heavy atom. The maximum Gasteiger partial charge on any atom is 0.410 e. The van der Waals surface area contributed by atoms with E-state index in [0.717, 1.165) is 31.0 Å². The summed E-state index contributed by atoms with van der Waals surface area (Å²) < 4.78 is 7.20. The van der Waals surface area contributed by atoms with Crippen molar-refractivity contribution in [3.8, 4) is 0 Å². The zero-order valence-electron chi connectivity index (χ0n) is 14.7. The van der Waals surface area contributed by atoms with Gasteiger partial charge in [-0.05, 0) is 27.2 Å². The molecule has 2 aromatic heterocycles. The first-order chi connectivity index (χ1) is 11.4. The van der Waals surface area contributed by atoms with Crippen LogP contribution in [0, 0.1) is 0 Å². The van der Waals surface area contributed by atoms with E-state index in [9.17, 15) is 4.79 Å². The van der Waals surface area contributed by atoms with Crippen molar-refractivity contribution in [3.05, 3.63) is 18.1 Å². The van der Waals surface area contributed by atoms with Crippen molar-refractivity contribution in [2.24, 2.45) is 0 Å². The number of rotatable bonds is 2. The first-order valence-electron chi connectivity index (χ1n) is 8.30. The third-order valence-corrected chi connectivity index (χ3v) is 3.90. The van der Waals surface area contributed by atoms with Gasteiger partial charge in [-0.3, -0.25) is 0 Å². The van der Waals surface area contributed by atoms with E-state index in [4.69, 9.17) is 4.74 Å². The lowest BCUT2D eigenvalue weighted by Crippen LogP contribution is -2.50. The maximum atomic E-state index is 12.2. The molecule has 1 amide bonds. The van der Waals surface area contributed by atoms with E-state index in [-0.39, 0.29) is 6.09 Å². The van der Waals surface area contributed by atoms with Crippen LogP contribution in [0.2, 0.25) is 0 Å². The number of amides is 1. The second kappa shape index (κ2) is 6.26. The van der Waals surface area contributed by atoms with E-state index >= 15 is 0 Å². The van der Waals surface area contributed by atoms with Crippen LogP contribution in [0.1, 0.15) is 33.4 Å². The van der Waals surface area contributed by atoms with Gasteiger partial charge in [0.05, 0.1) is 0 Å². The van der Waals surface area contributed by atoms with Crippen molar-refractivity contribution < 1.29 is 9.53 Å². The number of fused-ring (bicyclic) bond motifs is 1. The predicted octanol–water partition coefficient (Wildman–Crippen LogP) is 1.74. The number of anilines is 1. The molecule has 8 nitrogen and oxygen atoms in total. The van der Waals surface area contributed by atoms with Crippen LogP contribution in [-0.4, -0.2) is 62.4 Å². The first kappa shape index (κ1) is 16.5. The molecule has 1 aliphatic heterocycles. The fourth-order valence-electron chi connectivity index (χ4n) is 2.70. The number of carbonyl (C=O) groups excluding carboxylic acids is 1. The number of nitrogens with zero attached hydrogens (tertiary/aromatic N) is 6. The van der Waals surface area contributed by atoms with Gasteiger partial charge in [-0.1, -0.05) is 6.92 Å². The standard InChI is InChI=1S/C16H24N6O2/c1-5-12-10-13(22-14(19-12)17-11-18-22)20-6-8-21(9-7-20)15(23)24-16(2,3)4/h10-11H,5-9H2,1-4H3. The second-order valence-electron chi connectivity index (χ2n) is 6.89. The van der Waals surface area contributed by atoms with Crippen LogP contribution in [-0.2, 0) is 11.2 Å². The predicted molar refractivity (Wildman–Crippen MR) is 90.2 cm³/mol. The zero-order valence-corrected chi connectivity index (χ0v) is 14.7. The topological polar surface area (TPSA) is 75.9 Å². The molecule has 130 valence electrons. The molecule has 3 heterocycles. The lowest BCUT2D eigenvalue weighted by molar-refractivity contribution is 0.0240. The molecule has 8 heteroatoms. The summed E-state index contributed by atoms with van der Waals surface area (Å²) >= 11 is 0. The molecular formula is C16H24N6O2. The third-order valence-electron chi connectivity index (χ3n) is 3.90. The summed E-state index contributed by atoms with van der Waals surface area (Å²) in [5.41, 5.74) is 0.516. The first-order valence-corrected chi connectivity index (χ1v) is 8.30. The minimum Gasteiger partial charge on any atom is -0.444 e. The number of piperazine rings is 1. The molecule has 1 saturated heterocycles. The third kappa shape index (κ3) is 3.42. The van der Waals surface area contributed by atoms with E-state index in [1.54, 1.807) is 9.42 Å². The highest BCUT2D eigenvalue weighted by atomic mass is 16.6. The molecule has 24 heavy (non-hydrogen) atoms. The fraction of sp³-hybridized carbons (Fsp3) is 0.625. The smallest absolute Gasteiger partial charge is 0.410 e. The molecule has 1 aliphatic rings. The largest absolute Gasteiger partial charge is 0.444 e. The average molecular weight is 332 g/mol. The Kier molecular flexibility index (Phi) is 4.29. The van der Waals surface area contributed by atoms with Gasteiger partial charge in [0.1, 0.15) is 17.7 Å². The van der Waals surface area contributed by atoms with Crippen LogP contribution in [0.3, 0.4) is 0 Å². The molecular weight excluding hydrogens is 308 g/mol. The van der Waals surface area contributed by atoms with Crippen LogP contribution in [0.5, 0.6) is 0 Å². The SMILES string of the molecule is CCc1cc(N2CCN(C(=O)OC(C)(C)C)CC2)n2ncnc2n1. The summed E-state index contributed by atoms with van der Waals surface area (Å²) in [6.45, 7) is 10.4. The number of aryl methyl sites for hydroxylation is 1. The molecule has 0 saturated carbocycles. The number of ether oxygens (including phenoxy) is 1. The van der Waals surface area contributed by atoms with Gasteiger partial charge in [0.25, 0.3) is 5.78 Å². The van der Waals surface area contributed by atoms with E-state index in [2.05, 4.69) is 26.9 Å². The summed E-state index contributed by atoms with van der Waals surface area (Å²) in [7, 11) is 0. The van der Waals surface area contributed by atoms with Crippen molar-refractivity contribution in [1.29, 1.82) is 0 Å². The summed E-state index contributed by atoms with van der Waals surface area (Å²) in [5.74, 6) is 1.58. The van der Waals surface area contributed by atoms with Gasteiger partial charge in [0.15, 0.2) is 0 Å². The molecule has 0 spiro atoms. The Hall–Kier alpha value is -2.38. The molecule has 0 radical (unpaired) electrons. The Bertz CT molecular complexity index is 728. The monoisotopic (exact) mass is 332 g/mol. The molecule has 3 rings (SSSR count). The quantitative estimate of drug-likeness (QED) is 0.834. The van der Waals surface area contributed by atoms with Crippen molar-refractivity contribution in [3.63, 3.8) is 0 Å². The van der Waals surface area contributed by atoms with Gasteiger partial charge in [-0.25, -0.2) is 9.78 Å². The van der Waals surface area contributed by atoms with E-state index in [0.29, 0.717) is 18.9 Å².